The Morgan fingerprint density at radius 1 is 1.24 bits per heavy atom. The summed E-state index contributed by atoms with van der Waals surface area (Å²) in [6, 6.07) is 11.4. The van der Waals surface area contributed by atoms with Gasteiger partial charge >= 0.3 is 5.97 Å². The molecule has 5 nitrogen and oxygen atoms in total. The fourth-order valence-electron chi connectivity index (χ4n) is 1.83. The molecule has 0 saturated heterocycles. The van der Waals surface area contributed by atoms with Crippen molar-refractivity contribution in [2.24, 2.45) is 0 Å². The Labute approximate surface area is 123 Å². The molecule has 0 spiro atoms. The maximum atomic E-state index is 11.8. The van der Waals surface area contributed by atoms with Crippen molar-refractivity contribution in [2.45, 2.75) is 6.92 Å². The van der Waals surface area contributed by atoms with E-state index in [0.717, 1.165) is 16.8 Å². The SMILES string of the molecule is COC(=O)CNC(=O)c1ccc(-c2cccc(C)c2)nc1. The lowest BCUT2D eigenvalue weighted by atomic mass is 10.1. The molecule has 0 radical (unpaired) electrons. The second-order valence-corrected chi connectivity index (χ2v) is 4.56. The van der Waals surface area contributed by atoms with Crippen LogP contribution in [-0.2, 0) is 9.53 Å². The minimum absolute atomic E-state index is 0.158. The van der Waals surface area contributed by atoms with Crippen LogP contribution in [0.3, 0.4) is 0 Å². The summed E-state index contributed by atoms with van der Waals surface area (Å²) in [6.07, 6.45) is 1.49. The normalized spacial score (nSPS) is 10.0. The van der Waals surface area contributed by atoms with Crippen molar-refractivity contribution in [2.75, 3.05) is 13.7 Å². The van der Waals surface area contributed by atoms with Gasteiger partial charge in [0.25, 0.3) is 5.91 Å². The van der Waals surface area contributed by atoms with Crippen LogP contribution < -0.4 is 5.32 Å². The molecule has 21 heavy (non-hydrogen) atoms. The largest absolute Gasteiger partial charge is 0.468 e. The summed E-state index contributed by atoms with van der Waals surface area (Å²) in [5, 5.41) is 2.46. The molecule has 108 valence electrons. The summed E-state index contributed by atoms with van der Waals surface area (Å²) in [5.41, 5.74) is 3.34. The fraction of sp³-hybridized carbons (Fsp3) is 0.188. The van der Waals surface area contributed by atoms with Gasteiger partial charge < -0.3 is 10.1 Å². The monoisotopic (exact) mass is 284 g/mol. The highest BCUT2D eigenvalue weighted by Gasteiger charge is 2.09. The number of pyridine rings is 1. The van der Waals surface area contributed by atoms with Crippen LogP contribution in [0.15, 0.2) is 42.6 Å². The van der Waals surface area contributed by atoms with Crippen molar-refractivity contribution in [1.29, 1.82) is 0 Å². The van der Waals surface area contributed by atoms with Crippen LogP contribution >= 0.6 is 0 Å². The summed E-state index contributed by atoms with van der Waals surface area (Å²) < 4.78 is 4.46. The minimum Gasteiger partial charge on any atom is -0.468 e. The molecule has 1 aromatic carbocycles. The van der Waals surface area contributed by atoms with Gasteiger partial charge in [-0.2, -0.15) is 0 Å². The first-order chi connectivity index (χ1) is 10.1. The summed E-state index contributed by atoms with van der Waals surface area (Å²) in [4.78, 5) is 27.1. The van der Waals surface area contributed by atoms with Crippen LogP contribution in [0.25, 0.3) is 11.3 Å². The Bertz CT molecular complexity index is 651. The van der Waals surface area contributed by atoms with Gasteiger partial charge in [-0.05, 0) is 25.1 Å². The molecule has 0 atom stereocenters. The number of esters is 1. The number of hydrogen-bond acceptors (Lipinski definition) is 4. The van der Waals surface area contributed by atoms with Crippen molar-refractivity contribution in [3.63, 3.8) is 0 Å². The first-order valence-corrected chi connectivity index (χ1v) is 6.48. The van der Waals surface area contributed by atoms with Gasteiger partial charge in [0.05, 0.1) is 18.4 Å². The third-order valence-corrected chi connectivity index (χ3v) is 2.96. The lowest BCUT2D eigenvalue weighted by Gasteiger charge is -2.05. The lowest BCUT2D eigenvalue weighted by molar-refractivity contribution is -0.139. The van der Waals surface area contributed by atoms with Gasteiger partial charge in [0.15, 0.2) is 0 Å². The van der Waals surface area contributed by atoms with Crippen LogP contribution in [-0.4, -0.2) is 30.5 Å². The van der Waals surface area contributed by atoms with Crippen molar-refractivity contribution >= 4 is 11.9 Å². The number of carbonyl (C=O) groups is 2. The highest BCUT2D eigenvalue weighted by Crippen LogP contribution is 2.18. The van der Waals surface area contributed by atoms with E-state index in [9.17, 15) is 9.59 Å². The molecule has 0 saturated carbocycles. The van der Waals surface area contributed by atoms with E-state index in [2.05, 4.69) is 15.0 Å². The molecule has 1 aromatic heterocycles. The maximum Gasteiger partial charge on any atom is 0.325 e. The van der Waals surface area contributed by atoms with Gasteiger partial charge in [0.1, 0.15) is 6.54 Å². The van der Waals surface area contributed by atoms with E-state index < -0.39 is 5.97 Å². The first-order valence-electron chi connectivity index (χ1n) is 6.48. The van der Waals surface area contributed by atoms with E-state index >= 15 is 0 Å². The molecule has 0 aliphatic carbocycles. The number of nitrogens with one attached hydrogen (secondary N) is 1. The third-order valence-electron chi connectivity index (χ3n) is 2.96. The smallest absolute Gasteiger partial charge is 0.325 e. The second kappa shape index (κ2) is 6.65. The molecule has 0 fully saturated rings. The molecule has 1 heterocycles. The minimum atomic E-state index is -0.493. The van der Waals surface area contributed by atoms with Crippen molar-refractivity contribution in [3.05, 3.63) is 53.7 Å². The first kappa shape index (κ1) is 14.7. The predicted octanol–water partition coefficient (Wildman–Crippen LogP) is 1.96. The Morgan fingerprint density at radius 3 is 2.67 bits per heavy atom. The molecular weight excluding hydrogens is 268 g/mol. The van der Waals surface area contributed by atoms with Crippen LogP contribution in [0.1, 0.15) is 15.9 Å². The standard InChI is InChI=1S/C16H16N2O3/c1-11-4-3-5-12(8-11)14-7-6-13(9-17-14)16(20)18-10-15(19)21-2/h3-9H,10H2,1-2H3,(H,18,20). The van der Waals surface area contributed by atoms with Crippen molar-refractivity contribution in [3.8, 4) is 11.3 Å². The van der Waals surface area contributed by atoms with Gasteiger partial charge in [-0.3, -0.25) is 14.6 Å². The van der Waals surface area contributed by atoms with Gasteiger partial charge in [0, 0.05) is 11.8 Å². The Balaban J connectivity index is 2.08. The average molecular weight is 284 g/mol. The molecule has 2 aromatic rings. The quantitative estimate of drug-likeness (QED) is 0.871. The summed E-state index contributed by atoms with van der Waals surface area (Å²) in [5.74, 6) is -0.851. The molecule has 2 rings (SSSR count). The van der Waals surface area contributed by atoms with Crippen molar-refractivity contribution in [1.82, 2.24) is 10.3 Å². The number of hydrogen-bond donors (Lipinski definition) is 1. The molecule has 0 aliphatic heterocycles. The number of aromatic nitrogens is 1. The van der Waals surface area contributed by atoms with Crippen LogP contribution in [0.4, 0.5) is 0 Å². The Hall–Kier alpha value is -2.69. The van der Waals surface area contributed by atoms with E-state index in [0.29, 0.717) is 5.56 Å². The van der Waals surface area contributed by atoms with Gasteiger partial charge in [-0.25, -0.2) is 0 Å². The lowest BCUT2D eigenvalue weighted by Crippen LogP contribution is -2.30. The zero-order valence-electron chi connectivity index (χ0n) is 11.9. The Morgan fingerprint density at radius 2 is 2.05 bits per heavy atom. The van der Waals surface area contributed by atoms with E-state index in [1.807, 2.05) is 31.2 Å². The summed E-state index contributed by atoms with van der Waals surface area (Å²) >= 11 is 0. The molecule has 5 heteroatoms. The van der Waals surface area contributed by atoms with E-state index in [1.165, 1.54) is 13.3 Å². The van der Waals surface area contributed by atoms with Crippen LogP contribution in [0.2, 0.25) is 0 Å². The molecule has 0 aliphatic rings. The average Bonchev–Trinajstić information content (AvgIpc) is 2.52. The highest BCUT2D eigenvalue weighted by atomic mass is 16.5. The number of aryl methyl sites for hydroxylation is 1. The maximum absolute atomic E-state index is 11.8. The second-order valence-electron chi connectivity index (χ2n) is 4.56. The number of amides is 1. The van der Waals surface area contributed by atoms with Gasteiger partial charge in [-0.15, -0.1) is 0 Å². The van der Waals surface area contributed by atoms with Gasteiger partial charge in [0.2, 0.25) is 0 Å². The van der Waals surface area contributed by atoms with E-state index in [4.69, 9.17) is 0 Å². The van der Waals surface area contributed by atoms with Crippen LogP contribution in [0, 0.1) is 6.92 Å². The number of nitrogens with zero attached hydrogens (tertiary/aromatic N) is 1. The van der Waals surface area contributed by atoms with E-state index in [1.54, 1.807) is 12.1 Å². The number of methoxy groups -OCH3 is 1. The molecule has 0 bridgehead atoms. The predicted molar refractivity (Wildman–Crippen MR) is 78.8 cm³/mol. The molecule has 1 amide bonds. The number of ether oxygens (including phenoxy) is 1. The van der Waals surface area contributed by atoms with Crippen molar-refractivity contribution < 1.29 is 14.3 Å². The third kappa shape index (κ3) is 3.89. The zero-order valence-corrected chi connectivity index (χ0v) is 11.9. The summed E-state index contributed by atoms with van der Waals surface area (Å²) in [6.45, 7) is 1.85. The number of carbonyl (C=O) groups excluding carboxylic acids is 2. The fourth-order valence-corrected chi connectivity index (χ4v) is 1.83. The summed E-state index contributed by atoms with van der Waals surface area (Å²) in [7, 11) is 1.27. The zero-order chi connectivity index (χ0) is 15.2. The topological polar surface area (TPSA) is 68.3 Å². The van der Waals surface area contributed by atoms with Gasteiger partial charge in [-0.1, -0.05) is 23.8 Å². The molecular formula is C16H16N2O3. The van der Waals surface area contributed by atoms with Crippen LogP contribution in [0.5, 0.6) is 0 Å². The molecule has 1 N–H and O–H groups in total. The molecule has 0 unspecified atom stereocenters. The Kier molecular flexibility index (Phi) is 4.66. The number of rotatable bonds is 4. The number of benzene rings is 1. The highest BCUT2D eigenvalue weighted by molar-refractivity contribution is 5.95. The van der Waals surface area contributed by atoms with E-state index in [-0.39, 0.29) is 12.5 Å².